The molecule has 0 heterocycles. The number of aryl methyl sites for hydroxylation is 1. The van der Waals surface area contributed by atoms with Gasteiger partial charge >= 0.3 is 0 Å². The standard InChI is InChI=1S/C11H14O2/c1-3-9-4-6-10(7-5-9)11(13)8(2)12/h4-7,11,13H,3H2,1-2H3/t11-/m0/s1. The molecule has 70 valence electrons. The second-order valence-corrected chi connectivity index (χ2v) is 3.11. The maximum Gasteiger partial charge on any atom is 0.162 e. The van der Waals surface area contributed by atoms with E-state index >= 15 is 0 Å². The number of aliphatic hydroxyl groups is 1. The molecule has 0 amide bonds. The Morgan fingerprint density at radius 1 is 1.38 bits per heavy atom. The monoisotopic (exact) mass is 178 g/mol. The van der Waals surface area contributed by atoms with Gasteiger partial charge in [-0.25, -0.2) is 0 Å². The molecule has 1 aromatic rings. The van der Waals surface area contributed by atoms with Gasteiger partial charge in [0.1, 0.15) is 6.10 Å². The Balaban J connectivity index is 2.85. The van der Waals surface area contributed by atoms with Crippen molar-refractivity contribution in [3.8, 4) is 0 Å². The molecular weight excluding hydrogens is 164 g/mol. The third kappa shape index (κ3) is 2.39. The van der Waals surface area contributed by atoms with Crippen molar-refractivity contribution in [2.75, 3.05) is 0 Å². The smallest absolute Gasteiger partial charge is 0.162 e. The van der Waals surface area contributed by atoms with E-state index in [0.717, 1.165) is 6.42 Å². The van der Waals surface area contributed by atoms with E-state index in [1.807, 2.05) is 12.1 Å². The Morgan fingerprint density at radius 2 is 1.92 bits per heavy atom. The van der Waals surface area contributed by atoms with Gasteiger partial charge in [-0.3, -0.25) is 4.79 Å². The molecule has 0 spiro atoms. The molecule has 0 saturated heterocycles. The summed E-state index contributed by atoms with van der Waals surface area (Å²) in [6.45, 7) is 3.45. The topological polar surface area (TPSA) is 37.3 Å². The maximum atomic E-state index is 10.8. The minimum atomic E-state index is -0.967. The normalized spacial score (nSPS) is 12.5. The van der Waals surface area contributed by atoms with Crippen LogP contribution in [0.2, 0.25) is 0 Å². The van der Waals surface area contributed by atoms with Crippen molar-refractivity contribution < 1.29 is 9.90 Å². The van der Waals surface area contributed by atoms with Crippen molar-refractivity contribution in [3.05, 3.63) is 35.4 Å². The summed E-state index contributed by atoms with van der Waals surface area (Å²) in [5.74, 6) is -0.218. The molecule has 0 fully saturated rings. The highest BCUT2D eigenvalue weighted by Crippen LogP contribution is 2.14. The molecule has 0 bridgehead atoms. The van der Waals surface area contributed by atoms with Gasteiger partial charge in [-0.2, -0.15) is 0 Å². The molecule has 0 aliphatic carbocycles. The number of hydrogen-bond donors (Lipinski definition) is 1. The van der Waals surface area contributed by atoms with Crippen LogP contribution in [0.5, 0.6) is 0 Å². The van der Waals surface area contributed by atoms with Crippen molar-refractivity contribution in [1.82, 2.24) is 0 Å². The number of carbonyl (C=O) groups excluding carboxylic acids is 1. The minimum Gasteiger partial charge on any atom is -0.381 e. The van der Waals surface area contributed by atoms with Gasteiger partial charge in [-0.1, -0.05) is 31.2 Å². The Morgan fingerprint density at radius 3 is 2.31 bits per heavy atom. The fourth-order valence-electron chi connectivity index (χ4n) is 1.17. The van der Waals surface area contributed by atoms with Gasteiger partial charge in [-0.15, -0.1) is 0 Å². The predicted molar refractivity (Wildman–Crippen MR) is 51.5 cm³/mol. The van der Waals surface area contributed by atoms with Crippen LogP contribution in [0.1, 0.15) is 31.1 Å². The Labute approximate surface area is 78.2 Å². The van der Waals surface area contributed by atoms with Crippen LogP contribution in [0.4, 0.5) is 0 Å². The summed E-state index contributed by atoms with van der Waals surface area (Å²) in [4.78, 5) is 10.8. The zero-order valence-corrected chi connectivity index (χ0v) is 7.95. The van der Waals surface area contributed by atoms with Gasteiger partial charge in [0.2, 0.25) is 0 Å². The Bertz CT molecular complexity index is 287. The molecule has 0 aliphatic rings. The van der Waals surface area contributed by atoms with Gasteiger partial charge in [0, 0.05) is 0 Å². The fourth-order valence-corrected chi connectivity index (χ4v) is 1.17. The van der Waals surface area contributed by atoms with Gasteiger partial charge in [0.25, 0.3) is 0 Å². The lowest BCUT2D eigenvalue weighted by Crippen LogP contribution is -2.07. The summed E-state index contributed by atoms with van der Waals surface area (Å²) in [5.41, 5.74) is 1.88. The first-order chi connectivity index (χ1) is 6.15. The van der Waals surface area contributed by atoms with E-state index in [1.54, 1.807) is 12.1 Å². The van der Waals surface area contributed by atoms with Crippen LogP contribution >= 0.6 is 0 Å². The molecule has 0 aromatic heterocycles. The maximum absolute atomic E-state index is 10.8. The van der Waals surface area contributed by atoms with Crippen LogP contribution in [0.3, 0.4) is 0 Å². The fraction of sp³-hybridized carbons (Fsp3) is 0.364. The number of aliphatic hydroxyl groups excluding tert-OH is 1. The van der Waals surface area contributed by atoms with Crippen molar-refractivity contribution in [1.29, 1.82) is 0 Å². The van der Waals surface area contributed by atoms with Crippen LogP contribution in [0.15, 0.2) is 24.3 Å². The van der Waals surface area contributed by atoms with Gasteiger partial charge in [0.05, 0.1) is 0 Å². The first-order valence-electron chi connectivity index (χ1n) is 4.42. The van der Waals surface area contributed by atoms with Gasteiger partial charge < -0.3 is 5.11 Å². The molecule has 2 nitrogen and oxygen atoms in total. The van der Waals surface area contributed by atoms with E-state index < -0.39 is 6.10 Å². The molecule has 0 radical (unpaired) electrons. The second-order valence-electron chi connectivity index (χ2n) is 3.11. The average Bonchev–Trinajstić information content (AvgIpc) is 2.17. The highest BCUT2D eigenvalue weighted by Gasteiger charge is 2.11. The number of rotatable bonds is 3. The predicted octanol–water partition coefficient (Wildman–Crippen LogP) is 1.87. The summed E-state index contributed by atoms with van der Waals surface area (Å²) >= 11 is 0. The molecule has 0 saturated carbocycles. The van der Waals surface area contributed by atoms with E-state index in [9.17, 15) is 9.90 Å². The summed E-state index contributed by atoms with van der Waals surface area (Å²) in [6.07, 6.45) is 0.00194. The molecule has 1 N–H and O–H groups in total. The molecule has 0 aliphatic heterocycles. The quantitative estimate of drug-likeness (QED) is 0.767. The average molecular weight is 178 g/mol. The first kappa shape index (κ1) is 9.93. The lowest BCUT2D eigenvalue weighted by molar-refractivity contribution is -0.125. The molecular formula is C11H14O2. The van der Waals surface area contributed by atoms with Gasteiger partial charge in [-0.05, 0) is 24.5 Å². The number of Topliss-reactive ketones (excluding diaryl/α,β-unsaturated/α-hetero) is 1. The van der Waals surface area contributed by atoms with Crippen molar-refractivity contribution in [2.45, 2.75) is 26.4 Å². The summed E-state index contributed by atoms with van der Waals surface area (Å²) in [7, 11) is 0. The third-order valence-electron chi connectivity index (χ3n) is 2.09. The second kappa shape index (κ2) is 4.19. The largest absolute Gasteiger partial charge is 0.381 e. The SMILES string of the molecule is CCc1ccc([C@@H](O)C(C)=O)cc1. The van der Waals surface area contributed by atoms with E-state index in [1.165, 1.54) is 12.5 Å². The van der Waals surface area contributed by atoms with E-state index in [-0.39, 0.29) is 5.78 Å². The molecule has 2 heteroatoms. The zero-order valence-electron chi connectivity index (χ0n) is 7.95. The molecule has 1 atom stereocenters. The van der Waals surface area contributed by atoms with Gasteiger partial charge in [0.15, 0.2) is 5.78 Å². The summed E-state index contributed by atoms with van der Waals surface area (Å²) in [5, 5.41) is 9.41. The van der Waals surface area contributed by atoms with Crippen molar-refractivity contribution in [3.63, 3.8) is 0 Å². The van der Waals surface area contributed by atoms with E-state index in [4.69, 9.17) is 0 Å². The van der Waals surface area contributed by atoms with Crippen LogP contribution in [-0.4, -0.2) is 10.9 Å². The molecule has 0 unspecified atom stereocenters. The van der Waals surface area contributed by atoms with E-state index in [2.05, 4.69) is 6.92 Å². The highest BCUT2D eigenvalue weighted by atomic mass is 16.3. The van der Waals surface area contributed by atoms with Crippen LogP contribution < -0.4 is 0 Å². The number of carbonyl (C=O) groups is 1. The minimum absolute atomic E-state index is 0.218. The lowest BCUT2D eigenvalue weighted by Gasteiger charge is -2.07. The zero-order chi connectivity index (χ0) is 9.84. The Hall–Kier alpha value is -1.15. The molecule has 13 heavy (non-hydrogen) atoms. The van der Waals surface area contributed by atoms with Crippen molar-refractivity contribution >= 4 is 5.78 Å². The third-order valence-corrected chi connectivity index (χ3v) is 2.09. The number of benzene rings is 1. The molecule has 1 rings (SSSR count). The van der Waals surface area contributed by atoms with E-state index in [0.29, 0.717) is 5.56 Å². The number of ketones is 1. The summed E-state index contributed by atoms with van der Waals surface area (Å²) in [6, 6.07) is 7.46. The number of hydrogen-bond acceptors (Lipinski definition) is 2. The molecule has 1 aromatic carbocycles. The first-order valence-corrected chi connectivity index (χ1v) is 4.42. The van der Waals surface area contributed by atoms with Crippen molar-refractivity contribution in [2.24, 2.45) is 0 Å². The lowest BCUT2D eigenvalue weighted by atomic mass is 10.0. The summed E-state index contributed by atoms with van der Waals surface area (Å²) < 4.78 is 0. The van der Waals surface area contributed by atoms with Crippen LogP contribution in [-0.2, 0) is 11.2 Å². The Kier molecular flexibility index (Phi) is 3.20. The van der Waals surface area contributed by atoms with Crippen LogP contribution in [0, 0.1) is 0 Å². The highest BCUT2D eigenvalue weighted by molar-refractivity contribution is 5.81. The van der Waals surface area contributed by atoms with Crippen LogP contribution in [0.25, 0.3) is 0 Å².